The minimum absolute atomic E-state index is 0.300. The normalized spacial score (nSPS) is 11.3. The standard InChI is InChI=1S/C28H27N3O5S2/c1-19(16-24-12-13-25(36-24)31(34)35)30(23-11-7-10-21(17-23)20-8-5-4-6-9-20)15-14-22-18-37-27(29-22)38-28(2,3)26(32)33/h4-13,17-18H,1,14-16H2,2-3H3,(H,32,33). The number of allylic oxidation sites excluding steroid dienone is 1. The molecule has 0 spiro atoms. The summed E-state index contributed by atoms with van der Waals surface area (Å²) in [5.74, 6) is -0.741. The fourth-order valence-electron chi connectivity index (χ4n) is 3.75. The lowest BCUT2D eigenvalue weighted by Gasteiger charge is -2.27. The topological polar surface area (TPSA) is 110 Å². The van der Waals surface area contributed by atoms with E-state index in [4.69, 9.17) is 4.42 Å². The summed E-state index contributed by atoms with van der Waals surface area (Å²) >= 11 is 2.65. The van der Waals surface area contributed by atoms with Crippen LogP contribution in [-0.2, 0) is 17.6 Å². The van der Waals surface area contributed by atoms with Gasteiger partial charge in [0, 0.05) is 36.2 Å². The van der Waals surface area contributed by atoms with Crippen LogP contribution in [0.5, 0.6) is 0 Å². The van der Waals surface area contributed by atoms with Crippen LogP contribution >= 0.6 is 23.1 Å². The van der Waals surface area contributed by atoms with E-state index < -0.39 is 15.6 Å². The van der Waals surface area contributed by atoms with Crippen molar-refractivity contribution in [2.24, 2.45) is 0 Å². The number of benzene rings is 2. The Morgan fingerprint density at radius 2 is 1.89 bits per heavy atom. The number of aliphatic carboxylic acids is 1. The quantitative estimate of drug-likeness (QED) is 0.113. The number of carbonyl (C=O) groups is 1. The number of carboxylic acids is 1. The minimum Gasteiger partial charge on any atom is -0.480 e. The number of thioether (sulfide) groups is 1. The van der Waals surface area contributed by atoms with Gasteiger partial charge in [-0.2, -0.15) is 0 Å². The maximum Gasteiger partial charge on any atom is 0.433 e. The molecule has 8 nitrogen and oxygen atoms in total. The number of rotatable bonds is 12. The third-order valence-electron chi connectivity index (χ3n) is 5.83. The number of carboxylic acid groups (broad SMARTS) is 1. The van der Waals surface area contributed by atoms with Gasteiger partial charge >= 0.3 is 11.9 Å². The molecule has 0 saturated carbocycles. The summed E-state index contributed by atoms with van der Waals surface area (Å²) in [4.78, 5) is 28.7. The lowest BCUT2D eigenvalue weighted by atomic mass is 10.0. The number of nitro groups is 1. The lowest BCUT2D eigenvalue weighted by Crippen LogP contribution is -2.27. The van der Waals surface area contributed by atoms with Crippen molar-refractivity contribution in [1.82, 2.24) is 4.98 Å². The molecule has 1 N–H and O–H groups in total. The average molecular weight is 550 g/mol. The largest absolute Gasteiger partial charge is 0.480 e. The molecule has 0 amide bonds. The number of furan rings is 1. The number of anilines is 1. The molecule has 0 bridgehead atoms. The van der Waals surface area contributed by atoms with Crippen LogP contribution in [0, 0.1) is 10.1 Å². The molecule has 0 aliphatic heterocycles. The van der Waals surface area contributed by atoms with E-state index in [0.717, 1.165) is 28.2 Å². The summed E-state index contributed by atoms with van der Waals surface area (Å²) in [6.45, 7) is 8.15. The Balaban J connectivity index is 1.56. The second-order valence-corrected chi connectivity index (χ2v) is 11.8. The van der Waals surface area contributed by atoms with E-state index in [-0.39, 0.29) is 5.88 Å². The molecule has 0 saturated heterocycles. The molecular weight excluding hydrogens is 522 g/mol. The summed E-state index contributed by atoms with van der Waals surface area (Å²) in [5, 5.41) is 22.4. The zero-order valence-electron chi connectivity index (χ0n) is 21.0. The van der Waals surface area contributed by atoms with E-state index in [9.17, 15) is 20.0 Å². The molecule has 2 aromatic heterocycles. The highest BCUT2D eigenvalue weighted by Gasteiger charge is 2.30. The molecule has 196 valence electrons. The first kappa shape index (κ1) is 27.2. The Bertz CT molecular complexity index is 1450. The van der Waals surface area contributed by atoms with Gasteiger partial charge in [-0.15, -0.1) is 11.3 Å². The molecule has 2 heterocycles. The van der Waals surface area contributed by atoms with Gasteiger partial charge in [0.25, 0.3) is 0 Å². The van der Waals surface area contributed by atoms with Crippen LogP contribution in [0.25, 0.3) is 11.1 Å². The smallest absolute Gasteiger partial charge is 0.433 e. The number of thiazole rings is 1. The Hall–Kier alpha value is -3.89. The molecule has 10 heteroatoms. The molecule has 0 aliphatic rings. The molecule has 38 heavy (non-hydrogen) atoms. The van der Waals surface area contributed by atoms with Crippen LogP contribution in [0.3, 0.4) is 0 Å². The first-order valence-electron chi connectivity index (χ1n) is 11.8. The van der Waals surface area contributed by atoms with Crippen LogP contribution < -0.4 is 4.90 Å². The maximum atomic E-state index is 11.5. The SMILES string of the molecule is C=C(Cc1ccc([N+](=O)[O-])o1)N(CCc1csc(SC(C)(C)C(=O)O)n1)c1cccc(-c2ccccc2)c1. The summed E-state index contributed by atoms with van der Waals surface area (Å²) in [6, 6.07) is 21.1. The molecule has 0 aliphatic carbocycles. The van der Waals surface area contributed by atoms with Gasteiger partial charge in [0.1, 0.15) is 15.4 Å². The fourth-order valence-corrected chi connectivity index (χ4v) is 5.97. The van der Waals surface area contributed by atoms with Gasteiger partial charge in [0.15, 0.2) is 4.34 Å². The van der Waals surface area contributed by atoms with Crippen molar-refractivity contribution >= 4 is 40.6 Å². The van der Waals surface area contributed by atoms with Crippen molar-refractivity contribution in [1.29, 1.82) is 0 Å². The van der Waals surface area contributed by atoms with Gasteiger partial charge in [-0.05, 0) is 43.2 Å². The van der Waals surface area contributed by atoms with E-state index in [1.165, 1.54) is 29.2 Å². The van der Waals surface area contributed by atoms with Crippen molar-refractivity contribution in [3.63, 3.8) is 0 Å². The molecule has 0 atom stereocenters. The van der Waals surface area contributed by atoms with E-state index in [1.54, 1.807) is 19.9 Å². The van der Waals surface area contributed by atoms with Crippen molar-refractivity contribution in [2.45, 2.75) is 35.8 Å². The van der Waals surface area contributed by atoms with Crippen LogP contribution in [0.15, 0.2) is 93.1 Å². The molecule has 0 unspecified atom stereocenters. The average Bonchev–Trinajstić information content (AvgIpc) is 3.54. The van der Waals surface area contributed by atoms with Gasteiger partial charge in [0.2, 0.25) is 0 Å². The number of nitrogens with zero attached hydrogens (tertiary/aromatic N) is 3. The Labute approximate surface area is 228 Å². The summed E-state index contributed by atoms with van der Waals surface area (Å²) in [7, 11) is 0. The molecule has 2 aromatic carbocycles. The fraction of sp³-hybridized carbons (Fsp3) is 0.214. The predicted molar refractivity (Wildman–Crippen MR) is 151 cm³/mol. The highest BCUT2D eigenvalue weighted by molar-refractivity contribution is 8.03. The maximum absolute atomic E-state index is 11.5. The van der Waals surface area contributed by atoms with Gasteiger partial charge in [0.05, 0.1) is 11.8 Å². The monoisotopic (exact) mass is 549 g/mol. The zero-order valence-corrected chi connectivity index (χ0v) is 22.6. The highest BCUT2D eigenvalue weighted by Crippen LogP contribution is 2.35. The van der Waals surface area contributed by atoms with Crippen LogP contribution in [0.1, 0.15) is 25.3 Å². The molecule has 4 aromatic rings. The van der Waals surface area contributed by atoms with Gasteiger partial charge in [-0.25, -0.2) is 4.98 Å². The van der Waals surface area contributed by atoms with Crippen LogP contribution in [0.4, 0.5) is 11.6 Å². The Kier molecular flexibility index (Phi) is 8.33. The summed E-state index contributed by atoms with van der Waals surface area (Å²) in [6.07, 6.45) is 0.895. The second kappa shape index (κ2) is 11.7. The number of aromatic nitrogens is 1. The first-order chi connectivity index (χ1) is 18.1. The molecule has 4 rings (SSSR count). The van der Waals surface area contributed by atoms with Crippen LogP contribution in [-0.4, -0.2) is 32.3 Å². The summed E-state index contributed by atoms with van der Waals surface area (Å²) in [5.41, 5.74) is 4.64. The van der Waals surface area contributed by atoms with Crippen molar-refractivity contribution in [2.75, 3.05) is 11.4 Å². The Morgan fingerprint density at radius 1 is 1.16 bits per heavy atom. The molecular formula is C28H27N3O5S2. The molecule has 0 fully saturated rings. The zero-order chi connectivity index (χ0) is 27.3. The van der Waals surface area contributed by atoms with Gasteiger partial charge < -0.3 is 14.4 Å². The lowest BCUT2D eigenvalue weighted by molar-refractivity contribution is -0.402. The first-order valence-corrected chi connectivity index (χ1v) is 13.5. The summed E-state index contributed by atoms with van der Waals surface area (Å²) < 4.78 is 5.11. The van der Waals surface area contributed by atoms with E-state index in [1.807, 2.05) is 53.9 Å². The van der Waals surface area contributed by atoms with Crippen LogP contribution in [0.2, 0.25) is 0 Å². The minimum atomic E-state index is -0.973. The number of hydrogen-bond acceptors (Lipinski definition) is 8. The van der Waals surface area contributed by atoms with Gasteiger partial charge in [-0.1, -0.05) is 60.8 Å². The second-order valence-electron chi connectivity index (χ2n) is 9.08. The van der Waals surface area contributed by atoms with Gasteiger partial charge in [-0.3, -0.25) is 14.9 Å². The van der Waals surface area contributed by atoms with E-state index >= 15 is 0 Å². The third kappa shape index (κ3) is 6.70. The van der Waals surface area contributed by atoms with Crippen molar-refractivity contribution in [3.8, 4) is 11.1 Å². The van der Waals surface area contributed by atoms with E-state index in [2.05, 4.69) is 22.5 Å². The van der Waals surface area contributed by atoms with E-state index in [0.29, 0.717) is 29.5 Å². The third-order valence-corrected chi connectivity index (χ3v) is 8.00. The predicted octanol–water partition coefficient (Wildman–Crippen LogP) is 7.07. The molecule has 0 radical (unpaired) electrons. The van der Waals surface area contributed by atoms with Crippen molar-refractivity contribution in [3.05, 3.63) is 106 Å². The number of hydrogen-bond donors (Lipinski definition) is 1. The highest BCUT2D eigenvalue weighted by atomic mass is 32.2. The Morgan fingerprint density at radius 3 is 2.58 bits per heavy atom. The van der Waals surface area contributed by atoms with Crippen molar-refractivity contribution < 1.29 is 19.2 Å².